The molecule has 0 atom stereocenters. The van der Waals surface area contributed by atoms with Crippen LogP contribution in [0, 0.1) is 0 Å². The highest BCUT2D eigenvalue weighted by Crippen LogP contribution is 2.35. The molecule has 19 heavy (non-hydrogen) atoms. The van der Waals surface area contributed by atoms with Crippen molar-refractivity contribution in [2.45, 2.75) is 38.1 Å². The quantitative estimate of drug-likeness (QED) is 0.892. The van der Waals surface area contributed by atoms with Gasteiger partial charge in [-0.05, 0) is 38.0 Å². The second kappa shape index (κ2) is 5.59. The van der Waals surface area contributed by atoms with E-state index < -0.39 is 11.7 Å². The van der Waals surface area contributed by atoms with Gasteiger partial charge in [-0.2, -0.15) is 13.2 Å². The molecule has 0 spiro atoms. The molecule has 0 aromatic heterocycles. The first-order chi connectivity index (χ1) is 8.90. The normalized spacial score (nSPS) is 23.0. The first-order valence-corrected chi connectivity index (χ1v) is 6.53. The highest BCUT2D eigenvalue weighted by Gasteiger charge is 2.33. The highest BCUT2D eigenvalue weighted by atomic mass is 35.5. The molecule has 1 aliphatic carbocycles. The molecule has 2 rings (SSSR count). The maximum atomic E-state index is 12.6. The summed E-state index contributed by atoms with van der Waals surface area (Å²) in [5, 5.41) is 3.33. The van der Waals surface area contributed by atoms with Gasteiger partial charge in [0.1, 0.15) is 0 Å². The Morgan fingerprint density at radius 2 is 2.05 bits per heavy atom. The van der Waals surface area contributed by atoms with Gasteiger partial charge in [0.2, 0.25) is 0 Å². The largest absolute Gasteiger partial charge is 0.416 e. The maximum absolute atomic E-state index is 12.6. The van der Waals surface area contributed by atoms with Gasteiger partial charge in [0.05, 0.1) is 22.4 Å². The zero-order valence-electron chi connectivity index (χ0n) is 10.4. The van der Waals surface area contributed by atoms with E-state index >= 15 is 0 Å². The molecular weight excluding hydrogens is 279 g/mol. The average Bonchev–Trinajstić information content (AvgIpc) is 2.27. The van der Waals surface area contributed by atoms with Crippen LogP contribution in [0.25, 0.3) is 0 Å². The highest BCUT2D eigenvalue weighted by molar-refractivity contribution is 6.33. The molecule has 1 aliphatic rings. The van der Waals surface area contributed by atoms with Gasteiger partial charge >= 0.3 is 6.18 Å². The SMILES string of the molecule is CCOC1CC(Nc2cc(C(F)(F)F)ccc2Cl)C1. The Labute approximate surface area is 114 Å². The van der Waals surface area contributed by atoms with E-state index in [1.165, 1.54) is 6.07 Å². The molecule has 1 saturated carbocycles. The molecule has 0 radical (unpaired) electrons. The molecule has 2 nitrogen and oxygen atoms in total. The fourth-order valence-electron chi connectivity index (χ4n) is 2.09. The van der Waals surface area contributed by atoms with Crippen molar-refractivity contribution in [1.29, 1.82) is 0 Å². The van der Waals surface area contributed by atoms with Crippen LogP contribution in [0.4, 0.5) is 18.9 Å². The Morgan fingerprint density at radius 3 is 2.63 bits per heavy atom. The number of hydrogen-bond donors (Lipinski definition) is 1. The summed E-state index contributed by atoms with van der Waals surface area (Å²) in [6.07, 6.45) is -2.57. The van der Waals surface area contributed by atoms with Crippen molar-refractivity contribution in [2.24, 2.45) is 0 Å². The van der Waals surface area contributed by atoms with Crippen molar-refractivity contribution in [3.8, 4) is 0 Å². The van der Waals surface area contributed by atoms with Gasteiger partial charge in [0.25, 0.3) is 0 Å². The number of alkyl halides is 3. The fourth-order valence-corrected chi connectivity index (χ4v) is 2.26. The van der Waals surface area contributed by atoms with E-state index in [-0.39, 0.29) is 12.1 Å². The summed E-state index contributed by atoms with van der Waals surface area (Å²) >= 11 is 5.91. The van der Waals surface area contributed by atoms with E-state index in [1.54, 1.807) is 0 Å². The third-order valence-corrected chi connectivity index (χ3v) is 3.48. The van der Waals surface area contributed by atoms with Crippen LogP contribution in [0.3, 0.4) is 0 Å². The molecule has 0 unspecified atom stereocenters. The Bertz CT molecular complexity index is 444. The lowest BCUT2D eigenvalue weighted by Gasteiger charge is -2.36. The van der Waals surface area contributed by atoms with E-state index in [9.17, 15) is 13.2 Å². The van der Waals surface area contributed by atoms with E-state index in [1.807, 2.05) is 6.92 Å². The van der Waals surface area contributed by atoms with E-state index in [0.717, 1.165) is 25.0 Å². The van der Waals surface area contributed by atoms with Gasteiger partial charge in [-0.25, -0.2) is 0 Å². The van der Waals surface area contributed by atoms with Crippen molar-refractivity contribution >= 4 is 17.3 Å². The molecule has 6 heteroatoms. The lowest BCUT2D eigenvalue weighted by molar-refractivity contribution is -0.137. The van der Waals surface area contributed by atoms with E-state index in [4.69, 9.17) is 16.3 Å². The van der Waals surface area contributed by atoms with Crippen LogP contribution in [0.1, 0.15) is 25.3 Å². The summed E-state index contributed by atoms with van der Waals surface area (Å²) in [7, 11) is 0. The number of benzene rings is 1. The second-order valence-electron chi connectivity index (χ2n) is 4.58. The molecular formula is C13H15ClF3NO. The molecule has 0 saturated heterocycles. The topological polar surface area (TPSA) is 21.3 Å². The third kappa shape index (κ3) is 3.54. The second-order valence-corrected chi connectivity index (χ2v) is 4.99. The first-order valence-electron chi connectivity index (χ1n) is 6.15. The molecule has 1 aromatic carbocycles. The van der Waals surface area contributed by atoms with Crippen LogP contribution in [-0.4, -0.2) is 18.8 Å². The summed E-state index contributed by atoms with van der Waals surface area (Å²) in [5.41, 5.74) is -0.364. The van der Waals surface area contributed by atoms with E-state index in [0.29, 0.717) is 17.3 Å². The maximum Gasteiger partial charge on any atom is 0.416 e. The third-order valence-electron chi connectivity index (χ3n) is 3.15. The Hall–Kier alpha value is -0.940. The molecule has 1 N–H and O–H groups in total. The van der Waals surface area contributed by atoms with E-state index in [2.05, 4.69) is 5.32 Å². The van der Waals surface area contributed by atoms with Gasteiger partial charge in [-0.15, -0.1) is 0 Å². The molecule has 106 valence electrons. The number of halogens is 4. The van der Waals surface area contributed by atoms with Crippen LogP contribution < -0.4 is 5.32 Å². The fraction of sp³-hybridized carbons (Fsp3) is 0.538. The average molecular weight is 294 g/mol. The van der Waals surface area contributed by atoms with Crippen molar-refractivity contribution < 1.29 is 17.9 Å². The summed E-state index contributed by atoms with van der Waals surface area (Å²) in [6.45, 7) is 2.58. The van der Waals surface area contributed by atoms with Crippen LogP contribution in [-0.2, 0) is 10.9 Å². The van der Waals surface area contributed by atoms with Crippen LogP contribution in [0.5, 0.6) is 0 Å². The smallest absolute Gasteiger partial charge is 0.381 e. The zero-order valence-corrected chi connectivity index (χ0v) is 11.2. The minimum Gasteiger partial charge on any atom is -0.381 e. The number of anilines is 1. The van der Waals surface area contributed by atoms with Crippen molar-refractivity contribution in [3.05, 3.63) is 28.8 Å². The zero-order chi connectivity index (χ0) is 14.0. The van der Waals surface area contributed by atoms with Gasteiger partial charge in [-0.3, -0.25) is 0 Å². The minimum atomic E-state index is -4.35. The molecule has 0 amide bonds. The van der Waals surface area contributed by atoms with Gasteiger partial charge in [-0.1, -0.05) is 11.6 Å². The van der Waals surface area contributed by atoms with Crippen molar-refractivity contribution in [2.75, 3.05) is 11.9 Å². The lowest BCUT2D eigenvalue weighted by Crippen LogP contribution is -2.40. The molecule has 0 aliphatic heterocycles. The van der Waals surface area contributed by atoms with Gasteiger partial charge in [0, 0.05) is 12.6 Å². The molecule has 1 fully saturated rings. The molecule has 0 heterocycles. The standard InChI is InChI=1S/C13H15ClF3NO/c1-2-19-10-6-9(7-10)18-12-5-8(13(15,16)17)3-4-11(12)14/h3-5,9-10,18H,2,6-7H2,1H3. The van der Waals surface area contributed by atoms with Crippen LogP contribution >= 0.6 is 11.6 Å². The Balaban J connectivity index is 2.01. The van der Waals surface area contributed by atoms with Crippen LogP contribution in [0.15, 0.2) is 18.2 Å². The molecule has 1 aromatic rings. The van der Waals surface area contributed by atoms with Gasteiger partial charge < -0.3 is 10.1 Å². The van der Waals surface area contributed by atoms with Crippen molar-refractivity contribution in [3.63, 3.8) is 0 Å². The summed E-state index contributed by atoms with van der Waals surface area (Å²) in [6, 6.07) is 3.43. The summed E-state index contributed by atoms with van der Waals surface area (Å²) in [5.74, 6) is 0. The number of ether oxygens (including phenoxy) is 1. The monoisotopic (exact) mass is 293 g/mol. The number of hydrogen-bond acceptors (Lipinski definition) is 2. The predicted molar refractivity (Wildman–Crippen MR) is 68.5 cm³/mol. The van der Waals surface area contributed by atoms with Crippen LogP contribution in [0.2, 0.25) is 5.02 Å². The lowest BCUT2D eigenvalue weighted by atomic mass is 9.89. The minimum absolute atomic E-state index is 0.123. The Kier molecular flexibility index (Phi) is 4.26. The predicted octanol–water partition coefficient (Wildman–Crippen LogP) is 4.34. The number of rotatable bonds is 4. The first kappa shape index (κ1) is 14.5. The molecule has 0 bridgehead atoms. The van der Waals surface area contributed by atoms with Crippen molar-refractivity contribution in [1.82, 2.24) is 0 Å². The number of nitrogens with one attached hydrogen (secondary N) is 1. The summed E-state index contributed by atoms with van der Waals surface area (Å²) < 4.78 is 43.2. The van der Waals surface area contributed by atoms with Gasteiger partial charge in [0.15, 0.2) is 0 Å². The Morgan fingerprint density at radius 1 is 1.37 bits per heavy atom. The summed E-state index contributed by atoms with van der Waals surface area (Å²) in [4.78, 5) is 0.